The second-order valence-corrected chi connectivity index (χ2v) is 7.72. The van der Waals surface area contributed by atoms with Gasteiger partial charge in [-0.05, 0) is 39.2 Å². The zero-order chi connectivity index (χ0) is 17.4. The third kappa shape index (κ3) is 2.98. The van der Waals surface area contributed by atoms with E-state index in [1.54, 1.807) is 18.4 Å². The first kappa shape index (κ1) is 16.4. The molecule has 1 aliphatic heterocycles. The lowest BCUT2D eigenvalue weighted by Gasteiger charge is -2.24. The molecule has 3 nitrogen and oxygen atoms in total. The maximum absolute atomic E-state index is 12.4. The number of fused-ring (bicyclic) bond motifs is 1. The van der Waals surface area contributed by atoms with E-state index in [9.17, 15) is 4.79 Å². The van der Waals surface area contributed by atoms with E-state index in [0.29, 0.717) is 6.42 Å². The fraction of sp³-hybridized carbons (Fsp3) is 0.150. The molecule has 0 fully saturated rings. The highest BCUT2D eigenvalue weighted by atomic mass is 79.9. The Morgan fingerprint density at radius 1 is 1.20 bits per heavy atom. The Hall–Kier alpha value is -2.11. The molecule has 1 atom stereocenters. The quantitative estimate of drug-likeness (QED) is 0.601. The number of carbonyl (C=O) groups is 1. The highest BCUT2D eigenvalue weighted by molar-refractivity contribution is 9.10. The van der Waals surface area contributed by atoms with Crippen molar-refractivity contribution in [2.75, 3.05) is 12.4 Å². The molecule has 2 aromatic carbocycles. The fourth-order valence-corrected chi connectivity index (χ4v) is 4.95. The van der Waals surface area contributed by atoms with Crippen LogP contribution in [0.1, 0.15) is 22.8 Å². The lowest BCUT2D eigenvalue weighted by atomic mass is 9.89. The van der Waals surface area contributed by atoms with Crippen LogP contribution in [0.15, 0.2) is 58.4 Å². The largest absolute Gasteiger partial charge is 0.496 e. The number of thiophene rings is 1. The van der Waals surface area contributed by atoms with E-state index in [1.165, 1.54) is 4.88 Å². The highest BCUT2D eigenvalue weighted by Gasteiger charge is 2.30. The number of amides is 1. The Morgan fingerprint density at radius 3 is 2.72 bits per heavy atom. The molecular formula is C20H16BrNO2S. The number of carbonyl (C=O) groups excluding carboxylic acids is 1. The van der Waals surface area contributed by atoms with Gasteiger partial charge < -0.3 is 10.1 Å². The first-order valence-electron chi connectivity index (χ1n) is 7.97. The van der Waals surface area contributed by atoms with Gasteiger partial charge in [-0.2, -0.15) is 0 Å². The number of rotatable bonds is 3. The van der Waals surface area contributed by atoms with Gasteiger partial charge in [-0.15, -0.1) is 11.3 Å². The van der Waals surface area contributed by atoms with Crippen molar-refractivity contribution in [1.29, 1.82) is 0 Å². The smallest absolute Gasteiger partial charge is 0.225 e. The van der Waals surface area contributed by atoms with Crippen LogP contribution in [-0.4, -0.2) is 13.0 Å². The molecule has 5 heteroatoms. The third-order valence-corrected chi connectivity index (χ3v) is 6.17. The van der Waals surface area contributed by atoms with E-state index in [4.69, 9.17) is 4.74 Å². The monoisotopic (exact) mass is 413 g/mol. The fourth-order valence-electron chi connectivity index (χ4n) is 3.23. The van der Waals surface area contributed by atoms with Crippen LogP contribution in [0, 0.1) is 0 Å². The van der Waals surface area contributed by atoms with Gasteiger partial charge >= 0.3 is 0 Å². The summed E-state index contributed by atoms with van der Waals surface area (Å²) in [7, 11) is 1.65. The predicted molar refractivity (Wildman–Crippen MR) is 106 cm³/mol. The predicted octanol–water partition coefficient (Wildman–Crippen LogP) is 5.66. The third-order valence-electron chi connectivity index (χ3n) is 4.45. The molecule has 25 heavy (non-hydrogen) atoms. The lowest BCUT2D eigenvalue weighted by Crippen LogP contribution is -2.22. The van der Waals surface area contributed by atoms with E-state index >= 15 is 0 Å². The minimum Gasteiger partial charge on any atom is -0.496 e. The Kier molecular flexibility index (Phi) is 4.36. The summed E-state index contributed by atoms with van der Waals surface area (Å²) in [6, 6.07) is 16.2. The van der Waals surface area contributed by atoms with Crippen LogP contribution in [0.5, 0.6) is 5.75 Å². The summed E-state index contributed by atoms with van der Waals surface area (Å²) < 4.78 is 6.22. The number of ether oxygens (including phenoxy) is 1. The maximum Gasteiger partial charge on any atom is 0.225 e. The summed E-state index contributed by atoms with van der Waals surface area (Å²) in [5.74, 6) is 0.911. The van der Waals surface area contributed by atoms with Crippen LogP contribution in [0.2, 0.25) is 0 Å². The van der Waals surface area contributed by atoms with E-state index < -0.39 is 0 Å². The molecule has 0 saturated heterocycles. The van der Waals surface area contributed by atoms with E-state index in [-0.39, 0.29) is 11.8 Å². The van der Waals surface area contributed by atoms with Gasteiger partial charge in [0.2, 0.25) is 5.91 Å². The first-order valence-corrected chi connectivity index (χ1v) is 9.64. The molecule has 0 saturated carbocycles. The molecule has 0 spiro atoms. The van der Waals surface area contributed by atoms with Crippen molar-refractivity contribution >= 4 is 38.9 Å². The number of anilines is 1. The molecule has 2 heterocycles. The Bertz CT molecular complexity index is 936. The molecule has 1 aliphatic rings. The van der Waals surface area contributed by atoms with Crippen molar-refractivity contribution < 1.29 is 9.53 Å². The molecule has 0 unspecified atom stereocenters. The second-order valence-electron chi connectivity index (χ2n) is 5.95. The van der Waals surface area contributed by atoms with E-state index in [0.717, 1.165) is 32.6 Å². The van der Waals surface area contributed by atoms with Crippen LogP contribution >= 0.6 is 27.3 Å². The molecular weight excluding hydrogens is 398 g/mol. The highest BCUT2D eigenvalue weighted by Crippen LogP contribution is 2.47. The number of benzene rings is 2. The van der Waals surface area contributed by atoms with Crippen molar-refractivity contribution in [3.05, 3.63) is 68.8 Å². The topological polar surface area (TPSA) is 38.3 Å². The van der Waals surface area contributed by atoms with Gasteiger partial charge in [0.15, 0.2) is 0 Å². The summed E-state index contributed by atoms with van der Waals surface area (Å²) in [4.78, 5) is 13.6. The van der Waals surface area contributed by atoms with Gasteiger partial charge in [-0.3, -0.25) is 4.79 Å². The number of nitrogens with one attached hydrogen (secondary N) is 1. The summed E-state index contributed by atoms with van der Waals surface area (Å²) in [6.07, 6.45) is 0.459. The van der Waals surface area contributed by atoms with Crippen molar-refractivity contribution in [3.63, 3.8) is 0 Å². The van der Waals surface area contributed by atoms with Crippen molar-refractivity contribution in [2.45, 2.75) is 12.3 Å². The van der Waals surface area contributed by atoms with Gasteiger partial charge in [0.25, 0.3) is 0 Å². The zero-order valence-electron chi connectivity index (χ0n) is 13.6. The number of methoxy groups -OCH3 is 1. The first-order chi connectivity index (χ1) is 12.2. The SMILES string of the molecule is COc1ccc([C@@H]2CC(=O)Nc3c(-c4ccccc4)csc32)cc1Br. The minimum absolute atomic E-state index is 0.0556. The van der Waals surface area contributed by atoms with Gasteiger partial charge in [0, 0.05) is 28.2 Å². The summed E-state index contributed by atoms with van der Waals surface area (Å²) in [6.45, 7) is 0. The molecule has 1 amide bonds. The number of halogens is 1. The molecule has 1 aromatic heterocycles. The average molecular weight is 414 g/mol. The minimum atomic E-state index is 0.0556. The summed E-state index contributed by atoms with van der Waals surface area (Å²) in [5, 5.41) is 5.22. The van der Waals surface area contributed by atoms with Gasteiger partial charge in [-0.1, -0.05) is 36.4 Å². The maximum atomic E-state index is 12.4. The Labute approximate surface area is 158 Å². The van der Waals surface area contributed by atoms with E-state index in [2.05, 4.69) is 38.8 Å². The molecule has 0 aliphatic carbocycles. The Balaban J connectivity index is 1.80. The van der Waals surface area contributed by atoms with Crippen molar-refractivity contribution in [1.82, 2.24) is 0 Å². The molecule has 0 radical (unpaired) electrons. The number of hydrogen-bond donors (Lipinski definition) is 1. The molecule has 1 N–H and O–H groups in total. The lowest BCUT2D eigenvalue weighted by molar-refractivity contribution is -0.116. The van der Waals surface area contributed by atoms with Gasteiger partial charge in [-0.25, -0.2) is 0 Å². The Morgan fingerprint density at radius 2 is 2.00 bits per heavy atom. The van der Waals surface area contributed by atoms with Crippen LogP contribution in [0.25, 0.3) is 11.1 Å². The average Bonchev–Trinajstić information content (AvgIpc) is 3.05. The number of hydrogen-bond acceptors (Lipinski definition) is 3. The molecule has 0 bridgehead atoms. The van der Waals surface area contributed by atoms with Crippen LogP contribution in [0.4, 0.5) is 5.69 Å². The van der Waals surface area contributed by atoms with Crippen LogP contribution < -0.4 is 10.1 Å². The van der Waals surface area contributed by atoms with Crippen LogP contribution in [0.3, 0.4) is 0 Å². The standard InChI is InChI=1S/C20H16BrNO2S/c1-24-17-8-7-13(9-16(17)21)14-10-18(23)22-19-15(11-25-20(14)19)12-5-3-2-4-6-12/h2-9,11,14H,10H2,1H3,(H,22,23)/t14-/m0/s1. The normalized spacial score (nSPS) is 16.2. The van der Waals surface area contributed by atoms with Crippen molar-refractivity contribution in [2.24, 2.45) is 0 Å². The van der Waals surface area contributed by atoms with Gasteiger partial charge in [0.05, 0.1) is 17.3 Å². The molecule has 4 rings (SSSR count). The molecule has 126 valence electrons. The van der Waals surface area contributed by atoms with Crippen LogP contribution in [-0.2, 0) is 4.79 Å². The summed E-state index contributed by atoms with van der Waals surface area (Å²) in [5.41, 5.74) is 4.28. The second kappa shape index (κ2) is 6.65. The van der Waals surface area contributed by atoms with Crippen molar-refractivity contribution in [3.8, 4) is 16.9 Å². The zero-order valence-corrected chi connectivity index (χ0v) is 16.0. The molecule has 3 aromatic rings. The van der Waals surface area contributed by atoms with E-state index in [1.807, 2.05) is 36.4 Å². The summed E-state index contributed by atoms with van der Waals surface area (Å²) >= 11 is 5.26. The van der Waals surface area contributed by atoms with Gasteiger partial charge in [0.1, 0.15) is 5.75 Å².